The summed E-state index contributed by atoms with van der Waals surface area (Å²) in [5, 5.41) is 15.6. The first-order valence-corrected chi connectivity index (χ1v) is 7.28. The Balaban J connectivity index is 2.05. The van der Waals surface area contributed by atoms with Gasteiger partial charge in [0.05, 0.1) is 6.10 Å². The Kier molecular flexibility index (Phi) is 3.62. The van der Waals surface area contributed by atoms with Gasteiger partial charge < -0.3 is 10.4 Å². The van der Waals surface area contributed by atoms with Crippen LogP contribution < -0.4 is 5.32 Å². The summed E-state index contributed by atoms with van der Waals surface area (Å²) in [6.45, 7) is 8.79. The van der Waals surface area contributed by atoms with Crippen molar-refractivity contribution < 1.29 is 5.11 Å². The molecule has 2 N–H and O–H groups in total. The van der Waals surface area contributed by atoms with Crippen LogP contribution in [0, 0.1) is 11.3 Å². The molecule has 1 aromatic rings. The van der Waals surface area contributed by atoms with Crippen LogP contribution in [-0.4, -0.2) is 17.3 Å². The second-order valence-electron chi connectivity index (χ2n) is 6.03. The number of aliphatic hydroxyl groups excluding tert-OH is 1. The van der Waals surface area contributed by atoms with Crippen molar-refractivity contribution in [3.63, 3.8) is 0 Å². The van der Waals surface area contributed by atoms with Crippen molar-refractivity contribution in [3.05, 3.63) is 22.4 Å². The molecule has 1 heterocycles. The summed E-state index contributed by atoms with van der Waals surface area (Å²) in [6, 6.07) is 5.14. The predicted molar refractivity (Wildman–Crippen MR) is 73.2 cm³/mol. The molecule has 2 nitrogen and oxygen atoms in total. The van der Waals surface area contributed by atoms with Crippen molar-refractivity contribution in [1.29, 1.82) is 0 Å². The van der Waals surface area contributed by atoms with E-state index in [4.69, 9.17) is 0 Å². The van der Waals surface area contributed by atoms with E-state index in [1.807, 2.05) is 11.3 Å². The Labute approximate surface area is 108 Å². The molecular formula is C14H23NOS. The van der Waals surface area contributed by atoms with Gasteiger partial charge in [-0.15, -0.1) is 11.3 Å². The fourth-order valence-electron chi connectivity index (χ4n) is 2.47. The van der Waals surface area contributed by atoms with Crippen molar-refractivity contribution in [2.75, 3.05) is 0 Å². The van der Waals surface area contributed by atoms with Gasteiger partial charge in [0.25, 0.3) is 0 Å². The van der Waals surface area contributed by atoms with E-state index in [1.54, 1.807) is 0 Å². The van der Waals surface area contributed by atoms with Crippen LogP contribution in [0.1, 0.15) is 45.0 Å². The number of hydrogen-bond acceptors (Lipinski definition) is 3. The summed E-state index contributed by atoms with van der Waals surface area (Å²) in [4.78, 5) is 1.40. The van der Waals surface area contributed by atoms with Gasteiger partial charge in [0.15, 0.2) is 0 Å². The second kappa shape index (κ2) is 4.71. The molecule has 3 heteroatoms. The van der Waals surface area contributed by atoms with E-state index >= 15 is 0 Å². The van der Waals surface area contributed by atoms with E-state index < -0.39 is 0 Å². The summed E-state index contributed by atoms with van der Waals surface area (Å²) in [7, 11) is 0. The van der Waals surface area contributed by atoms with Crippen molar-refractivity contribution in [3.8, 4) is 0 Å². The van der Waals surface area contributed by atoms with Crippen LogP contribution in [0.25, 0.3) is 0 Å². The van der Waals surface area contributed by atoms with Gasteiger partial charge in [-0.2, -0.15) is 0 Å². The monoisotopic (exact) mass is 253 g/mol. The van der Waals surface area contributed by atoms with E-state index in [2.05, 4.69) is 50.5 Å². The third kappa shape index (κ3) is 2.42. The van der Waals surface area contributed by atoms with Crippen molar-refractivity contribution in [2.45, 2.75) is 52.3 Å². The molecule has 1 aliphatic carbocycles. The van der Waals surface area contributed by atoms with Crippen LogP contribution in [0.2, 0.25) is 0 Å². The molecule has 1 aliphatic rings. The predicted octanol–water partition coefficient (Wildman–Crippen LogP) is 3.19. The van der Waals surface area contributed by atoms with Crippen LogP contribution in [0.4, 0.5) is 0 Å². The Bertz CT molecular complexity index is 358. The minimum absolute atomic E-state index is 0.00436. The maximum atomic E-state index is 9.79. The molecule has 1 fully saturated rings. The van der Waals surface area contributed by atoms with Gasteiger partial charge in [-0.1, -0.05) is 33.8 Å². The Hall–Kier alpha value is -0.380. The van der Waals surface area contributed by atoms with Crippen LogP contribution in [-0.2, 0) is 0 Å². The Morgan fingerprint density at radius 3 is 2.59 bits per heavy atom. The number of thiophene rings is 1. The molecule has 96 valence electrons. The number of nitrogens with one attached hydrogen (secondary N) is 1. The molecular weight excluding hydrogens is 230 g/mol. The van der Waals surface area contributed by atoms with E-state index in [0.717, 1.165) is 6.42 Å². The average molecular weight is 253 g/mol. The third-order valence-corrected chi connectivity index (χ3v) is 5.07. The smallest absolute Gasteiger partial charge is 0.0621 e. The highest BCUT2D eigenvalue weighted by Crippen LogP contribution is 2.42. The lowest BCUT2D eigenvalue weighted by molar-refractivity contribution is -0.0775. The van der Waals surface area contributed by atoms with E-state index in [0.29, 0.717) is 18.0 Å². The van der Waals surface area contributed by atoms with Crippen molar-refractivity contribution >= 4 is 11.3 Å². The van der Waals surface area contributed by atoms with E-state index in [-0.39, 0.29) is 11.5 Å². The molecule has 3 unspecified atom stereocenters. The van der Waals surface area contributed by atoms with Crippen LogP contribution >= 0.6 is 11.3 Å². The van der Waals surface area contributed by atoms with Gasteiger partial charge in [0, 0.05) is 22.4 Å². The zero-order valence-corrected chi connectivity index (χ0v) is 11.9. The normalized spacial score (nSPS) is 29.1. The van der Waals surface area contributed by atoms with Gasteiger partial charge in [-0.3, -0.25) is 0 Å². The number of rotatable bonds is 4. The first-order valence-electron chi connectivity index (χ1n) is 6.40. The lowest BCUT2D eigenvalue weighted by atomic mass is 9.64. The van der Waals surface area contributed by atoms with Gasteiger partial charge in [0.1, 0.15) is 0 Å². The maximum Gasteiger partial charge on any atom is 0.0621 e. The van der Waals surface area contributed by atoms with Gasteiger partial charge in [-0.25, -0.2) is 0 Å². The van der Waals surface area contributed by atoms with Crippen LogP contribution in [0.15, 0.2) is 17.5 Å². The van der Waals surface area contributed by atoms with Gasteiger partial charge >= 0.3 is 0 Å². The molecule has 0 spiro atoms. The van der Waals surface area contributed by atoms with E-state index in [9.17, 15) is 5.11 Å². The molecule has 0 radical (unpaired) electrons. The Morgan fingerprint density at radius 1 is 1.47 bits per heavy atom. The SMILES string of the molecule is CC(C)C(NC1CC(O)C1(C)C)c1cccs1. The molecule has 1 aromatic heterocycles. The summed E-state index contributed by atoms with van der Waals surface area (Å²) < 4.78 is 0. The lowest BCUT2D eigenvalue weighted by Crippen LogP contribution is -2.60. The molecule has 3 atom stereocenters. The molecule has 1 saturated carbocycles. The molecule has 17 heavy (non-hydrogen) atoms. The highest BCUT2D eigenvalue weighted by molar-refractivity contribution is 7.10. The van der Waals surface area contributed by atoms with Crippen molar-refractivity contribution in [1.82, 2.24) is 5.32 Å². The minimum atomic E-state index is -0.156. The second-order valence-corrected chi connectivity index (χ2v) is 7.01. The minimum Gasteiger partial charge on any atom is -0.392 e. The fraction of sp³-hybridized carbons (Fsp3) is 0.714. The molecule has 0 saturated heterocycles. The maximum absolute atomic E-state index is 9.79. The number of aliphatic hydroxyl groups is 1. The zero-order valence-electron chi connectivity index (χ0n) is 11.1. The molecule has 0 aromatic carbocycles. The highest BCUT2D eigenvalue weighted by Gasteiger charge is 2.48. The largest absolute Gasteiger partial charge is 0.392 e. The van der Waals surface area contributed by atoms with E-state index in [1.165, 1.54) is 4.88 Å². The summed E-state index contributed by atoms with van der Waals surface area (Å²) in [6.07, 6.45) is 0.720. The summed E-state index contributed by atoms with van der Waals surface area (Å²) >= 11 is 1.81. The molecule has 0 aliphatic heterocycles. The molecule has 2 rings (SSSR count). The topological polar surface area (TPSA) is 32.3 Å². The zero-order chi connectivity index (χ0) is 12.6. The average Bonchev–Trinajstić information content (AvgIpc) is 2.76. The Morgan fingerprint density at radius 2 is 2.18 bits per heavy atom. The number of hydrogen-bond donors (Lipinski definition) is 2. The first kappa shape index (κ1) is 13.1. The lowest BCUT2D eigenvalue weighted by Gasteiger charge is -2.51. The van der Waals surface area contributed by atoms with Gasteiger partial charge in [0.2, 0.25) is 0 Å². The standard InChI is InChI=1S/C14H23NOS/c1-9(2)13(10-6-5-7-17-10)15-11-8-12(16)14(11,3)4/h5-7,9,11-13,15-16H,8H2,1-4H3. The van der Waals surface area contributed by atoms with Crippen LogP contribution in [0.3, 0.4) is 0 Å². The highest BCUT2D eigenvalue weighted by atomic mass is 32.1. The fourth-order valence-corrected chi connectivity index (χ4v) is 3.43. The third-order valence-electron chi connectivity index (χ3n) is 4.11. The van der Waals surface area contributed by atoms with Gasteiger partial charge in [-0.05, 0) is 23.8 Å². The summed E-state index contributed by atoms with van der Waals surface area (Å²) in [5.41, 5.74) is 0.00436. The summed E-state index contributed by atoms with van der Waals surface area (Å²) in [5.74, 6) is 0.571. The molecule has 0 bridgehead atoms. The quantitative estimate of drug-likeness (QED) is 0.863. The molecule has 0 amide bonds. The first-order chi connectivity index (χ1) is 7.93. The van der Waals surface area contributed by atoms with Crippen LogP contribution in [0.5, 0.6) is 0 Å². The van der Waals surface area contributed by atoms with Crippen molar-refractivity contribution in [2.24, 2.45) is 11.3 Å².